The number of hydrogen-bond donors (Lipinski definition) is 4. The highest BCUT2D eigenvalue weighted by Crippen LogP contribution is 2.48. The normalized spacial score (nSPS) is 27.9. The van der Waals surface area contributed by atoms with E-state index in [1.165, 1.54) is 67.5 Å². The van der Waals surface area contributed by atoms with E-state index in [9.17, 15) is 0 Å². The van der Waals surface area contributed by atoms with Crippen molar-refractivity contribution in [2.75, 3.05) is 23.0 Å². The molecule has 0 aromatic heterocycles. The fourth-order valence-corrected chi connectivity index (χ4v) is 13.4. The molecule has 3 aliphatic rings. The van der Waals surface area contributed by atoms with Crippen LogP contribution in [0.2, 0.25) is 0 Å². The second-order valence-electron chi connectivity index (χ2n) is 17.6. The van der Waals surface area contributed by atoms with Crippen LogP contribution in [0.25, 0.3) is 0 Å². The third-order valence-corrected chi connectivity index (χ3v) is 18.9. The van der Waals surface area contributed by atoms with E-state index in [4.69, 9.17) is 0 Å². The molecule has 0 saturated heterocycles. The van der Waals surface area contributed by atoms with E-state index in [1.807, 2.05) is 47.0 Å². The minimum atomic E-state index is 0.0418. The van der Waals surface area contributed by atoms with E-state index in [2.05, 4.69) is 160 Å². The van der Waals surface area contributed by atoms with Gasteiger partial charge in [-0.1, -0.05) is 100 Å². The molecule has 56 heavy (non-hydrogen) atoms. The van der Waals surface area contributed by atoms with Gasteiger partial charge in [-0.15, -0.1) is 47.0 Å². The van der Waals surface area contributed by atoms with Gasteiger partial charge in [-0.2, -0.15) is 0 Å². The Labute approximate surface area is 355 Å². The number of benzene rings is 4. The molecule has 2 aliphatic carbocycles. The SMILES string of the molecule is CC1(C)[C@@H]2CC[C@@]1(C)NCc1ccccc1SCCSc1ccccc1CN[C@H]1CC[C@@](C)(NCc3ccccc3SCCSc3ccccc3CN2)C1(C)C. The van der Waals surface area contributed by atoms with Gasteiger partial charge < -0.3 is 21.3 Å². The molecule has 7 rings (SSSR count). The van der Waals surface area contributed by atoms with Crippen LogP contribution in [0.5, 0.6) is 0 Å². The van der Waals surface area contributed by atoms with Gasteiger partial charge in [-0.05, 0) is 96.9 Å². The molecule has 0 spiro atoms. The molecule has 4 aromatic carbocycles. The maximum Gasteiger partial charge on any atom is 0.0222 e. The summed E-state index contributed by atoms with van der Waals surface area (Å²) in [6.45, 7) is 18.4. The number of thioether (sulfide) groups is 4. The smallest absolute Gasteiger partial charge is 0.0222 e. The first-order chi connectivity index (χ1) is 27.0. The fourth-order valence-electron chi connectivity index (χ4n) is 9.16. The zero-order chi connectivity index (χ0) is 39.2. The van der Waals surface area contributed by atoms with E-state index < -0.39 is 0 Å². The highest BCUT2D eigenvalue weighted by Gasteiger charge is 2.52. The van der Waals surface area contributed by atoms with E-state index in [0.717, 1.165) is 49.2 Å². The maximum atomic E-state index is 4.10. The first kappa shape index (κ1) is 42.3. The predicted molar refractivity (Wildman–Crippen MR) is 246 cm³/mol. The van der Waals surface area contributed by atoms with Gasteiger partial charge in [0.25, 0.3) is 0 Å². The Morgan fingerprint density at radius 2 is 0.696 bits per heavy atom. The van der Waals surface area contributed by atoms with Gasteiger partial charge in [-0.3, -0.25) is 0 Å². The highest BCUT2D eigenvalue weighted by molar-refractivity contribution is 8.03. The molecular formula is C48H64N4S4. The average molecular weight is 825 g/mol. The van der Waals surface area contributed by atoms with Gasteiger partial charge in [0, 0.05) is 91.9 Å². The number of nitrogens with one attached hydrogen (secondary N) is 4. The standard InChI is InChI=1S/C48H64N4S4/c1-45(2)43-23-25-47(45,5)51-33-37-17-9-13-21-41(37)55-29-28-54-40-20-12-8-16-36(40)32-50-44-24-26-48(6,46(44,3)4)52-34-38-18-10-14-22-42(38)56-30-27-53-39-19-11-7-15-35(39)31-49-43/h7-22,43-44,49-52H,23-34H2,1-6H3/t43-,44-,47+,48+/m0/s1. The van der Waals surface area contributed by atoms with Crippen LogP contribution >= 0.6 is 47.0 Å². The number of rotatable bonds is 0. The molecule has 2 fully saturated rings. The van der Waals surface area contributed by atoms with Crippen molar-refractivity contribution in [3.05, 3.63) is 119 Å². The second kappa shape index (κ2) is 18.6. The van der Waals surface area contributed by atoms with Crippen LogP contribution < -0.4 is 21.3 Å². The monoisotopic (exact) mass is 824 g/mol. The van der Waals surface area contributed by atoms with E-state index in [-0.39, 0.29) is 21.9 Å². The molecule has 4 N–H and O–H groups in total. The summed E-state index contributed by atoms with van der Waals surface area (Å²) in [5.41, 5.74) is 5.93. The van der Waals surface area contributed by atoms with Gasteiger partial charge >= 0.3 is 0 Å². The van der Waals surface area contributed by atoms with E-state index >= 15 is 0 Å². The maximum absolute atomic E-state index is 4.10. The summed E-state index contributed by atoms with van der Waals surface area (Å²) in [4.78, 5) is 5.62. The molecule has 4 atom stereocenters. The Balaban J connectivity index is 1.09. The number of hydrogen-bond acceptors (Lipinski definition) is 8. The Kier molecular flexibility index (Phi) is 14.0. The molecule has 8 heteroatoms. The minimum Gasteiger partial charge on any atom is -0.309 e. The van der Waals surface area contributed by atoms with Crippen molar-refractivity contribution < 1.29 is 0 Å². The summed E-state index contributed by atoms with van der Waals surface area (Å²) < 4.78 is 0. The highest BCUT2D eigenvalue weighted by atomic mass is 32.2. The molecule has 0 unspecified atom stereocenters. The Bertz CT molecular complexity index is 1780. The lowest BCUT2D eigenvalue weighted by Crippen LogP contribution is -2.55. The molecule has 0 radical (unpaired) electrons. The topological polar surface area (TPSA) is 48.1 Å². The lowest BCUT2D eigenvalue weighted by molar-refractivity contribution is 0.142. The lowest BCUT2D eigenvalue weighted by atomic mass is 9.74. The van der Waals surface area contributed by atoms with Gasteiger partial charge in [0.15, 0.2) is 0 Å². The van der Waals surface area contributed by atoms with E-state index in [0.29, 0.717) is 12.1 Å². The first-order valence-electron chi connectivity index (χ1n) is 20.8. The van der Waals surface area contributed by atoms with Crippen LogP contribution in [0.15, 0.2) is 117 Å². The van der Waals surface area contributed by atoms with E-state index in [1.54, 1.807) is 0 Å². The zero-order valence-electron chi connectivity index (χ0n) is 34.5. The molecule has 1 aliphatic heterocycles. The molecular weight excluding hydrogens is 761 g/mol. The summed E-state index contributed by atoms with van der Waals surface area (Å²) in [5.74, 6) is 4.33. The summed E-state index contributed by atoms with van der Waals surface area (Å²) >= 11 is 8.03. The average Bonchev–Trinajstić information content (AvgIpc) is 3.57. The van der Waals surface area contributed by atoms with Crippen molar-refractivity contribution in [1.82, 2.24) is 21.3 Å². The van der Waals surface area contributed by atoms with Crippen molar-refractivity contribution in [3.8, 4) is 0 Å². The van der Waals surface area contributed by atoms with Crippen molar-refractivity contribution in [3.63, 3.8) is 0 Å². The van der Waals surface area contributed by atoms with Crippen molar-refractivity contribution in [2.24, 2.45) is 10.8 Å². The molecule has 300 valence electrons. The summed E-state index contributed by atoms with van der Waals surface area (Å²) in [5, 5.41) is 16.3. The Morgan fingerprint density at radius 1 is 0.411 bits per heavy atom. The minimum absolute atomic E-state index is 0.0418. The third-order valence-electron chi connectivity index (χ3n) is 14.0. The Morgan fingerprint density at radius 3 is 1.02 bits per heavy atom. The van der Waals surface area contributed by atoms with Crippen molar-refractivity contribution in [1.29, 1.82) is 0 Å². The third kappa shape index (κ3) is 9.44. The van der Waals surface area contributed by atoms with Crippen LogP contribution in [0.1, 0.15) is 89.5 Å². The Hall–Kier alpha value is -1.88. The predicted octanol–water partition coefficient (Wildman–Crippen LogP) is 11.4. The quantitative estimate of drug-likeness (QED) is 0.140. The molecule has 2 saturated carbocycles. The van der Waals surface area contributed by atoms with Crippen LogP contribution in [-0.4, -0.2) is 46.2 Å². The van der Waals surface area contributed by atoms with Gasteiger partial charge in [0.05, 0.1) is 0 Å². The summed E-state index contributed by atoms with van der Waals surface area (Å²) in [6.07, 6.45) is 4.69. The lowest BCUT2D eigenvalue weighted by Gasteiger charge is -2.43. The van der Waals surface area contributed by atoms with Crippen molar-refractivity contribution in [2.45, 2.75) is 136 Å². The summed E-state index contributed by atoms with van der Waals surface area (Å²) in [7, 11) is 0. The second-order valence-corrected chi connectivity index (χ2v) is 22.1. The number of fused-ring (bicyclic) bond motifs is 8. The molecule has 4 bridgehead atoms. The fraction of sp³-hybridized carbons (Fsp3) is 0.500. The van der Waals surface area contributed by atoms with Crippen LogP contribution in [0, 0.1) is 10.8 Å². The molecule has 4 nitrogen and oxygen atoms in total. The first-order valence-corrected chi connectivity index (χ1v) is 24.7. The van der Waals surface area contributed by atoms with Gasteiger partial charge in [0.2, 0.25) is 0 Å². The zero-order valence-corrected chi connectivity index (χ0v) is 37.8. The van der Waals surface area contributed by atoms with Crippen LogP contribution in [0.3, 0.4) is 0 Å². The molecule has 0 amide bonds. The van der Waals surface area contributed by atoms with Crippen LogP contribution in [0.4, 0.5) is 0 Å². The van der Waals surface area contributed by atoms with Gasteiger partial charge in [-0.25, -0.2) is 0 Å². The van der Waals surface area contributed by atoms with Crippen LogP contribution in [-0.2, 0) is 26.2 Å². The summed E-state index contributed by atoms with van der Waals surface area (Å²) in [6, 6.07) is 37.1. The molecule has 1 heterocycles. The largest absolute Gasteiger partial charge is 0.309 e. The van der Waals surface area contributed by atoms with Crippen molar-refractivity contribution >= 4 is 47.0 Å². The van der Waals surface area contributed by atoms with Gasteiger partial charge in [0.1, 0.15) is 0 Å². The molecule has 4 aromatic rings.